The average Bonchev–Trinajstić information content (AvgIpc) is 4.02. The highest BCUT2D eigenvalue weighted by Crippen LogP contribution is 2.42. The van der Waals surface area contributed by atoms with E-state index >= 15 is 0 Å². The largest absolute Gasteiger partial charge is 0.464 e. The molecular formula is C46H62N8O6S2. The number of aromatic nitrogens is 3. The second kappa shape index (κ2) is 19.2. The monoisotopic (exact) mass is 886 g/mol. The van der Waals surface area contributed by atoms with Gasteiger partial charge in [-0.05, 0) is 81.5 Å². The second-order valence-electron chi connectivity index (χ2n) is 18.0. The first-order valence-corrected chi connectivity index (χ1v) is 23.9. The Labute approximate surface area is 373 Å². The van der Waals surface area contributed by atoms with Gasteiger partial charge in [-0.15, -0.1) is 11.3 Å². The van der Waals surface area contributed by atoms with Gasteiger partial charge in [0.1, 0.15) is 18.1 Å². The second-order valence-corrected chi connectivity index (χ2v) is 19.8. The van der Waals surface area contributed by atoms with Gasteiger partial charge in [0.15, 0.2) is 0 Å². The van der Waals surface area contributed by atoms with E-state index in [0.717, 1.165) is 57.6 Å². The number of cyclic esters (lactones) is 1. The number of aryl methyl sites for hydroxylation is 1. The third kappa shape index (κ3) is 9.45. The Kier molecular flexibility index (Phi) is 14.1. The van der Waals surface area contributed by atoms with E-state index in [4.69, 9.17) is 19.4 Å². The van der Waals surface area contributed by atoms with Gasteiger partial charge in [-0.2, -0.15) is 0 Å². The van der Waals surface area contributed by atoms with Crippen LogP contribution < -0.4 is 10.7 Å². The number of rotatable bonds is 10. The van der Waals surface area contributed by atoms with Gasteiger partial charge in [-0.3, -0.25) is 33.5 Å². The van der Waals surface area contributed by atoms with E-state index in [-0.39, 0.29) is 42.8 Å². The number of hydrogen-bond donors (Lipinski definition) is 2. The first-order valence-electron chi connectivity index (χ1n) is 21.8. The molecule has 7 rings (SSSR count). The van der Waals surface area contributed by atoms with Gasteiger partial charge in [0.2, 0.25) is 11.8 Å². The molecule has 0 saturated carbocycles. The summed E-state index contributed by atoms with van der Waals surface area (Å²) in [4.78, 5) is 68.0. The van der Waals surface area contributed by atoms with Crippen LogP contribution in [0.3, 0.4) is 0 Å². The fourth-order valence-electron chi connectivity index (χ4n) is 9.27. The van der Waals surface area contributed by atoms with E-state index < -0.39 is 35.4 Å². The molecule has 0 aliphatic carbocycles. The van der Waals surface area contributed by atoms with Crippen LogP contribution in [0.5, 0.6) is 0 Å². The summed E-state index contributed by atoms with van der Waals surface area (Å²) in [5.74, 6) is -1.73. The van der Waals surface area contributed by atoms with Crippen LogP contribution >= 0.6 is 23.3 Å². The minimum Gasteiger partial charge on any atom is -0.464 e. The van der Waals surface area contributed by atoms with Crippen LogP contribution in [0.4, 0.5) is 0 Å². The molecule has 6 bridgehead atoms. The minimum absolute atomic E-state index is 0.0785. The van der Waals surface area contributed by atoms with E-state index in [9.17, 15) is 19.2 Å². The van der Waals surface area contributed by atoms with E-state index in [1.807, 2.05) is 38.5 Å². The van der Waals surface area contributed by atoms with Crippen molar-refractivity contribution in [2.45, 2.75) is 104 Å². The zero-order chi connectivity index (χ0) is 44.5. The van der Waals surface area contributed by atoms with Crippen molar-refractivity contribution in [3.63, 3.8) is 0 Å². The van der Waals surface area contributed by atoms with Crippen LogP contribution in [0.2, 0.25) is 0 Å². The summed E-state index contributed by atoms with van der Waals surface area (Å²) >= 11 is 3.05. The lowest BCUT2D eigenvalue weighted by Gasteiger charge is -2.36. The fourth-order valence-corrected chi connectivity index (χ4v) is 10.7. The third-order valence-electron chi connectivity index (χ3n) is 12.6. The molecule has 3 aromatic heterocycles. The highest BCUT2D eigenvalue weighted by Gasteiger charge is 2.40. The number of ether oxygens (including phenoxy) is 2. The normalized spacial score (nSPS) is 22.0. The lowest BCUT2D eigenvalue weighted by atomic mass is 9.84. The van der Waals surface area contributed by atoms with Gasteiger partial charge >= 0.3 is 5.97 Å². The average molecular weight is 887 g/mol. The van der Waals surface area contributed by atoms with Crippen molar-refractivity contribution in [3.05, 3.63) is 58.2 Å². The van der Waals surface area contributed by atoms with Crippen molar-refractivity contribution in [3.8, 4) is 22.5 Å². The third-order valence-corrected chi connectivity index (χ3v) is 14.3. The molecule has 62 heavy (non-hydrogen) atoms. The molecule has 16 heteroatoms. The number of likely N-dealkylation sites (N-methyl/N-ethyl adjacent to an activating group) is 1. The quantitative estimate of drug-likeness (QED) is 0.137. The predicted octanol–water partition coefficient (Wildman–Crippen LogP) is 6.29. The molecule has 2 fully saturated rings. The number of hydrazine groups is 1. The maximum absolute atomic E-state index is 14.6. The number of nitrogens with zero attached hydrogens (tertiary/aromatic N) is 6. The molecule has 334 valence electrons. The predicted molar refractivity (Wildman–Crippen MR) is 244 cm³/mol. The van der Waals surface area contributed by atoms with E-state index in [0.29, 0.717) is 43.9 Å². The lowest BCUT2D eigenvalue weighted by molar-refractivity contribution is -0.155. The molecule has 3 aliphatic heterocycles. The number of nitrogens with one attached hydrogen (secondary N) is 2. The summed E-state index contributed by atoms with van der Waals surface area (Å²) < 4.78 is 16.4. The Bertz CT molecular complexity index is 2290. The van der Waals surface area contributed by atoms with Crippen molar-refractivity contribution < 1.29 is 28.7 Å². The zero-order valence-electron chi connectivity index (χ0n) is 37.5. The molecule has 3 amide bonds. The Hall–Kier alpha value is -4.35. The zero-order valence-corrected chi connectivity index (χ0v) is 39.2. The van der Waals surface area contributed by atoms with Crippen molar-refractivity contribution in [1.82, 2.24) is 39.5 Å². The molecule has 4 aromatic rings. The van der Waals surface area contributed by atoms with Gasteiger partial charge in [-0.25, -0.2) is 10.4 Å². The molecule has 2 saturated heterocycles. The first kappa shape index (κ1) is 45.7. The number of carbonyl (C=O) groups excluding carboxylic acids is 4. The topological polar surface area (TPSA) is 151 Å². The van der Waals surface area contributed by atoms with Crippen LogP contribution in [-0.4, -0.2) is 117 Å². The summed E-state index contributed by atoms with van der Waals surface area (Å²) in [6, 6.07) is 7.89. The van der Waals surface area contributed by atoms with Crippen LogP contribution in [0, 0.1) is 17.3 Å². The van der Waals surface area contributed by atoms with Gasteiger partial charge in [0, 0.05) is 85.8 Å². The molecule has 0 unspecified atom stereocenters. The standard InChI is InChI=1S/C46H62N8O6S2/c1-10-53-37-16-15-29-21-32(37)33(41(53)31-13-11-18-47-39(31)28(4)59-8)23-46(5,6)26-60-45(58)34-14-12-19-54(50-34)44(57)35(22-38-48-36(29)25-62-38)49-42(55)40(27(2)3)51(7)43(56)30-17-20-52(24-30)61-9/h11,13,15-16,18,21,25,27-28,30,34-35,40,50H,10,12,14,17,19-20,22-24,26H2,1-9H3,(H,49,55)/t28-,30-,34-,35-,40-/m0/s1. The fraction of sp³-hybridized carbons (Fsp3) is 0.565. The molecule has 5 atom stereocenters. The summed E-state index contributed by atoms with van der Waals surface area (Å²) in [7, 11) is 3.38. The minimum atomic E-state index is -1.02. The first-order chi connectivity index (χ1) is 29.6. The summed E-state index contributed by atoms with van der Waals surface area (Å²) in [5.41, 5.74) is 9.42. The number of methoxy groups -OCH3 is 1. The summed E-state index contributed by atoms with van der Waals surface area (Å²) in [6.45, 7) is 14.8. The number of thiazole rings is 1. The van der Waals surface area contributed by atoms with E-state index in [2.05, 4.69) is 64.7 Å². The molecule has 0 spiro atoms. The molecular weight excluding hydrogens is 825 g/mol. The number of esters is 1. The van der Waals surface area contributed by atoms with Gasteiger partial charge < -0.3 is 24.3 Å². The van der Waals surface area contributed by atoms with Crippen molar-refractivity contribution in [2.24, 2.45) is 17.3 Å². The van der Waals surface area contributed by atoms with Crippen molar-refractivity contribution in [1.29, 1.82) is 0 Å². The summed E-state index contributed by atoms with van der Waals surface area (Å²) in [5, 5.41) is 8.25. The summed E-state index contributed by atoms with van der Waals surface area (Å²) in [6.07, 6.45) is 6.06. The van der Waals surface area contributed by atoms with Crippen molar-refractivity contribution in [2.75, 3.05) is 46.7 Å². The van der Waals surface area contributed by atoms with Gasteiger partial charge in [-0.1, -0.05) is 45.7 Å². The number of hydrogen-bond acceptors (Lipinski definition) is 12. The Morgan fingerprint density at radius 1 is 1.16 bits per heavy atom. The van der Waals surface area contributed by atoms with Crippen molar-refractivity contribution >= 4 is 57.9 Å². The number of amides is 3. The Morgan fingerprint density at radius 3 is 2.66 bits per heavy atom. The highest BCUT2D eigenvalue weighted by atomic mass is 32.2. The van der Waals surface area contributed by atoms with Crippen LogP contribution in [0.1, 0.15) is 83.2 Å². The number of carbonyl (C=O) groups is 4. The van der Waals surface area contributed by atoms with E-state index in [1.54, 1.807) is 37.2 Å². The van der Waals surface area contributed by atoms with Crippen LogP contribution in [0.15, 0.2) is 41.9 Å². The molecule has 0 radical (unpaired) electrons. The molecule has 1 aromatic carbocycles. The van der Waals surface area contributed by atoms with Gasteiger partial charge in [0.05, 0.1) is 40.7 Å². The number of fused-ring (bicyclic) bond motifs is 6. The van der Waals surface area contributed by atoms with Crippen LogP contribution in [0.25, 0.3) is 33.4 Å². The highest BCUT2D eigenvalue weighted by molar-refractivity contribution is 7.96. The number of pyridine rings is 1. The van der Waals surface area contributed by atoms with Crippen LogP contribution in [-0.2, 0) is 48.0 Å². The molecule has 3 aliphatic rings. The Balaban J connectivity index is 1.28. The maximum atomic E-state index is 14.6. The Morgan fingerprint density at radius 2 is 1.95 bits per heavy atom. The smallest absolute Gasteiger partial charge is 0.324 e. The molecule has 14 nitrogen and oxygen atoms in total. The number of benzene rings is 1. The lowest BCUT2D eigenvalue weighted by Crippen LogP contribution is -2.62. The maximum Gasteiger partial charge on any atom is 0.324 e. The molecule has 2 N–H and O–H groups in total. The SMILES string of the molecule is CCn1c(-c2cccnc2[C@H](C)OC)c2c3cc(ccc31)-c1csc(n1)C[C@H](NC(=O)[C@H](C(C)C)N(C)C(=O)[C@H]1CCN(SC)C1)C(=O)N1CCC[C@H](N1)C(=O)OCC(C)(C)C2. The van der Waals surface area contributed by atoms with Gasteiger partial charge in [0.25, 0.3) is 5.91 Å². The van der Waals surface area contributed by atoms with E-state index in [1.165, 1.54) is 16.3 Å². The molecule has 6 heterocycles.